The molecule has 0 radical (unpaired) electrons. The Morgan fingerprint density at radius 3 is 2.50 bits per heavy atom. The van der Waals surface area contributed by atoms with Crippen molar-refractivity contribution in [1.82, 2.24) is 0 Å². The highest BCUT2D eigenvalue weighted by molar-refractivity contribution is 9.10. The predicted molar refractivity (Wildman–Crippen MR) is 49.5 cm³/mol. The van der Waals surface area contributed by atoms with E-state index in [2.05, 4.69) is 15.9 Å². The van der Waals surface area contributed by atoms with E-state index in [1.54, 1.807) is 0 Å². The van der Waals surface area contributed by atoms with Gasteiger partial charge in [0.25, 0.3) is 0 Å². The third-order valence-corrected chi connectivity index (χ3v) is 2.96. The summed E-state index contributed by atoms with van der Waals surface area (Å²) in [5.74, 6) is -0.792. The molecule has 0 atom stereocenters. The largest absolute Gasteiger partial charge is 0.298 e. The van der Waals surface area contributed by atoms with E-state index in [0.29, 0.717) is 10.8 Å². The first-order valence-corrected chi connectivity index (χ1v) is 4.41. The summed E-state index contributed by atoms with van der Waals surface area (Å²) in [5.41, 5.74) is -0.115. The molecule has 0 fully saturated rings. The third kappa shape index (κ3) is 1.63. The van der Waals surface area contributed by atoms with E-state index < -0.39 is 5.82 Å². The molecule has 0 bridgehead atoms. The van der Waals surface area contributed by atoms with Crippen molar-refractivity contribution < 1.29 is 9.18 Å². The maximum atomic E-state index is 13.0. The van der Waals surface area contributed by atoms with Crippen LogP contribution in [0.4, 0.5) is 4.39 Å². The lowest BCUT2D eigenvalue weighted by Gasteiger charge is -2.02. The lowest BCUT2D eigenvalue weighted by molar-refractivity contribution is 0.112. The number of aldehydes is 1. The quantitative estimate of drug-likeness (QED) is 0.432. The molecule has 1 aromatic carbocycles. The van der Waals surface area contributed by atoms with Crippen molar-refractivity contribution >= 4 is 45.4 Å². The number of halogens is 4. The van der Waals surface area contributed by atoms with Gasteiger partial charge in [0.1, 0.15) is 0 Å². The predicted octanol–water partition coefficient (Wildman–Crippen LogP) is 3.71. The fourth-order valence-electron chi connectivity index (χ4n) is 0.677. The van der Waals surface area contributed by atoms with Gasteiger partial charge in [0.05, 0.1) is 15.6 Å². The van der Waals surface area contributed by atoms with E-state index in [1.807, 2.05) is 0 Å². The van der Waals surface area contributed by atoms with Crippen molar-refractivity contribution in [2.24, 2.45) is 0 Å². The summed E-state index contributed by atoms with van der Waals surface area (Å²) >= 11 is 14.1. The van der Waals surface area contributed by atoms with Crippen LogP contribution in [0.1, 0.15) is 10.4 Å². The molecule has 1 aromatic rings. The molecule has 1 rings (SSSR count). The number of hydrogen-bond acceptors (Lipinski definition) is 1. The van der Waals surface area contributed by atoms with Gasteiger partial charge in [-0.1, -0.05) is 23.2 Å². The Morgan fingerprint density at radius 1 is 1.42 bits per heavy atom. The zero-order valence-corrected chi connectivity index (χ0v) is 8.67. The van der Waals surface area contributed by atoms with E-state index >= 15 is 0 Å². The molecule has 0 aromatic heterocycles. The van der Waals surface area contributed by atoms with Crippen LogP contribution in [0, 0.1) is 5.82 Å². The molecule has 0 saturated carbocycles. The van der Waals surface area contributed by atoms with Crippen LogP contribution in [0.25, 0.3) is 0 Å². The Morgan fingerprint density at radius 2 is 2.00 bits per heavy atom. The SMILES string of the molecule is O=Cc1cc(Br)c(Cl)c(Cl)c1F. The molecule has 64 valence electrons. The molecule has 0 saturated heterocycles. The first-order valence-electron chi connectivity index (χ1n) is 2.86. The average molecular weight is 272 g/mol. The minimum absolute atomic E-state index is 0.0692. The van der Waals surface area contributed by atoms with Gasteiger partial charge < -0.3 is 0 Å². The molecule has 5 heteroatoms. The Balaban J connectivity index is 3.49. The fraction of sp³-hybridized carbons (Fsp3) is 0. The molecule has 0 spiro atoms. The van der Waals surface area contributed by atoms with Gasteiger partial charge in [0.2, 0.25) is 0 Å². The van der Waals surface area contributed by atoms with Crippen LogP contribution in [0.15, 0.2) is 10.5 Å². The number of carbonyl (C=O) groups excluding carboxylic acids is 1. The van der Waals surface area contributed by atoms with Gasteiger partial charge >= 0.3 is 0 Å². The van der Waals surface area contributed by atoms with Crippen LogP contribution in [-0.4, -0.2) is 6.29 Å². The van der Waals surface area contributed by atoms with Gasteiger partial charge in [-0.3, -0.25) is 4.79 Å². The monoisotopic (exact) mass is 270 g/mol. The Kier molecular flexibility index (Phi) is 3.09. The molecule has 0 unspecified atom stereocenters. The van der Waals surface area contributed by atoms with Crippen molar-refractivity contribution in [2.45, 2.75) is 0 Å². The van der Waals surface area contributed by atoms with Crippen molar-refractivity contribution in [2.75, 3.05) is 0 Å². The fourth-order valence-corrected chi connectivity index (χ4v) is 1.58. The molecule has 0 heterocycles. The second kappa shape index (κ2) is 3.73. The zero-order valence-electron chi connectivity index (χ0n) is 5.57. The Labute approximate surface area is 86.6 Å². The van der Waals surface area contributed by atoms with E-state index in [0.717, 1.165) is 0 Å². The summed E-state index contributed by atoms with van der Waals surface area (Å²) in [6.07, 6.45) is 0.377. The molecule has 12 heavy (non-hydrogen) atoms. The van der Waals surface area contributed by atoms with E-state index in [-0.39, 0.29) is 15.6 Å². The average Bonchev–Trinajstić information content (AvgIpc) is 2.08. The van der Waals surface area contributed by atoms with Gasteiger partial charge in [-0.2, -0.15) is 0 Å². The Hall–Kier alpha value is -0.120. The van der Waals surface area contributed by atoms with E-state index in [9.17, 15) is 9.18 Å². The molecule has 1 nitrogen and oxygen atoms in total. The number of benzene rings is 1. The molecule has 0 N–H and O–H groups in total. The summed E-state index contributed by atoms with van der Waals surface area (Å²) in [6, 6.07) is 1.27. The van der Waals surface area contributed by atoms with Gasteiger partial charge in [-0.25, -0.2) is 4.39 Å². The number of carbonyl (C=O) groups is 1. The van der Waals surface area contributed by atoms with Crippen LogP contribution < -0.4 is 0 Å². The maximum absolute atomic E-state index is 13.0. The van der Waals surface area contributed by atoms with Gasteiger partial charge in [0.15, 0.2) is 12.1 Å². The summed E-state index contributed by atoms with van der Waals surface area (Å²) in [4.78, 5) is 10.3. The van der Waals surface area contributed by atoms with Crippen molar-refractivity contribution in [3.63, 3.8) is 0 Å². The summed E-state index contributed by atoms with van der Waals surface area (Å²) in [5, 5.41) is -0.173. The second-order valence-corrected chi connectivity index (χ2v) is 3.62. The molecular weight excluding hydrogens is 270 g/mol. The smallest absolute Gasteiger partial charge is 0.153 e. The highest BCUT2D eigenvalue weighted by Gasteiger charge is 2.13. The highest BCUT2D eigenvalue weighted by Crippen LogP contribution is 2.33. The molecule has 0 aliphatic carbocycles. The lowest BCUT2D eigenvalue weighted by atomic mass is 10.2. The normalized spacial score (nSPS) is 10.0. The highest BCUT2D eigenvalue weighted by atomic mass is 79.9. The standard InChI is InChI=1S/C7H2BrCl2FO/c8-4-1-3(2-12)7(11)6(10)5(4)9/h1-2H. The topological polar surface area (TPSA) is 17.1 Å². The zero-order chi connectivity index (χ0) is 9.30. The number of rotatable bonds is 1. The van der Waals surface area contributed by atoms with Crippen LogP contribution in [-0.2, 0) is 0 Å². The van der Waals surface area contributed by atoms with Gasteiger partial charge in [-0.05, 0) is 22.0 Å². The summed E-state index contributed by atoms with van der Waals surface area (Å²) in [6.45, 7) is 0. The molecule has 0 amide bonds. The molecule has 0 aliphatic rings. The summed E-state index contributed by atoms with van der Waals surface area (Å²) in [7, 11) is 0. The van der Waals surface area contributed by atoms with E-state index in [4.69, 9.17) is 23.2 Å². The lowest BCUT2D eigenvalue weighted by Crippen LogP contribution is -1.90. The first-order chi connectivity index (χ1) is 5.57. The number of hydrogen-bond donors (Lipinski definition) is 0. The minimum atomic E-state index is -0.792. The third-order valence-electron chi connectivity index (χ3n) is 1.26. The van der Waals surface area contributed by atoms with Crippen molar-refractivity contribution in [1.29, 1.82) is 0 Å². The maximum Gasteiger partial charge on any atom is 0.153 e. The van der Waals surface area contributed by atoms with E-state index in [1.165, 1.54) is 6.07 Å². The molecule has 0 aliphatic heterocycles. The van der Waals surface area contributed by atoms with Gasteiger partial charge in [0, 0.05) is 4.47 Å². The Bertz CT molecular complexity index is 341. The van der Waals surface area contributed by atoms with Crippen LogP contribution in [0.2, 0.25) is 10.0 Å². The summed E-state index contributed by atoms with van der Waals surface area (Å²) < 4.78 is 13.4. The van der Waals surface area contributed by atoms with Crippen LogP contribution in [0.5, 0.6) is 0 Å². The van der Waals surface area contributed by atoms with Crippen LogP contribution >= 0.6 is 39.1 Å². The minimum Gasteiger partial charge on any atom is -0.298 e. The molecular formula is C7H2BrCl2FO. The van der Waals surface area contributed by atoms with Crippen molar-refractivity contribution in [3.05, 3.63) is 32.0 Å². The van der Waals surface area contributed by atoms with Crippen LogP contribution in [0.3, 0.4) is 0 Å². The van der Waals surface area contributed by atoms with Crippen molar-refractivity contribution in [3.8, 4) is 0 Å². The first kappa shape index (κ1) is 9.96. The van der Waals surface area contributed by atoms with Gasteiger partial charge in [-0.15, -0.1) is 0 Å². The second-order valence-electron chi connectivity index (χ2n) is 2.01.